The zero-order chi connectivity index (χ0) is 9.84. The quantitative estimate of drug-likeness (QED) is 0.683. The lowest BCUT2D eigenvalue weighted by molar-refractivity contribution is -0.121. The fourth-order valence-corrected chi connectivity index (χ4v) is 1.56. The highest BCUT2D eigenvalue weighted by atomic mass is 35.5. The van der Waals surface area contributed by atoms with Crippen LogP contribution in [0.5, 0.6) is 0 Å². The molecule has 1 fully saturated rings. The highest BCUT2D eigenvalue weighted by Crippen LogP contribution is 2.21. The summed E-state index contributed by atoms with van der Waals surface area (Å²) < 4.78 is 0. The van der Waals surface area contributed by atoms with Crippen LogP contribution >= 0.6 is 11.6 Å². The second kappa shape index (κ2) is 4.85. The smallest absolute Gasteiger partial charge is 0.238 e. The molecule has 0 bridgehead atoms. The molecule has 1 rings (SSSR count). The van der Waals surface area contributed by atoms with Gasteiger partial charge >= 0.3 is 0 Å². The summed E-state index contributed by atoms with van der Waals surface area (Å²) in [7, 11) is 0. The Hall–Kier alpha value is -0.240. The summed E-state index contributed by atoms with van der Waals surface area (Å²) in [5.41, 5.74) is 0. The number of alkyl halides is 1. The third-order valence-corrected chi connectivity index (χ3v) is 3.05. The van der Waals surface area contributed by atoms with E-state index >= 15 is 0 Å². The number of hydrogen-bond donors (Lipinski definition) is 1. The van der Waals surface area contributed by atoms with Crippen LogP contribution in [-0.2, 0) is 4.79 Å². The van der Waals surface area contributed by atoms with E-state index < -0.39 is 0 Å². The van der Waals surface area contributed by atoms with Gasteiger partial charge in [0.25, 0.3) is 0 Å². The minimum absolute atomic E-state index is 0.0186. The Morgan fingerprint density at radius 3 is 2.69 bits per heavy atom. The number of halogens is 1. The molecule has 1 amide bonds. The van der Waals surface area contributed by atoms with Crippen molar-refractivity contribution in [3.63, 3.8) is 0 Å². The standard InChI is InChI=1S/C10H18ClNO/c1-3-4-7(2)9(11)10(13)12-8-5-6-8/h7-9H,3-6H2,1-2H3,(H,12,13). The van der Waals surface area contributed by atoms with E-state index in [-0.39, 0.29) is 17.2 Å². The lowest BCUT2D eigenvalue weighted by atomic mass is 10.0. The number of hydrogen-bond acceptors (Lipinski definition) is 1. The normalized spacial score (nSPS) is 20.8. The molecule has 0 spiro atoms. The molecule has 3 heteroatoms. The van der Waals surface area contributed by atoms with Gasteiger partial charge in [0.05, 0.1) is 0 Å². The topological polar surface area (TPSA) is 29.1 Å². The third kappa shape index (κ3) is 3.55. The van der Waals surface area contributed by atoms with Crippen molar-refractivity contribution in [1.82, 2.24) is 5.32 Å². The lowest BCUT2D eigenvalue weighted by Crippen LogP contribution is -2.36. The Kier molecular flexibility index (Phi) is 4.04. The van der Waals surface area contributed by atoms with Gasteiger partial charge in [0.15, 0.2) is 0 Å². The number of amides is 1. The van der Waals surface area contributed by atoms with E-state index in [4.69, 9.17) is 11.6 Å². The second-order valence-corrected chi connectivity index (χ2v) is 4.42. The first-order valence-electron chi connectivity index (χ1n) is 5.09. The van der Waals surface area contributed by atoms with Crippen molar-refractivity contribution in [2.24, 2.45) is 5.92 Å². The van der Waals surface area contributed by atoms with Gasteiger partial charge < -0.3 is 5.32 Å². The van der Waals surface area contributed by atoms with Gasteiger partial charge in [0, 0.05) is 6.04 Å². The predicted octanol–water partition coefficient (Wildman–Crippen LogP) is 2.31. The number of carbonyl (C=O) groups is 1. The van der Waals surface area contributed by atoms with Crippen LogP contribution in [0.25, 0.3) is 0 Å². The molecule has 0 saturated heterocycles. The highest BCUT2D eigenvalue weighted by molar-refractivity contribution is 6.31. The van der Waals surface area contributed by atoms with Crippen LogP contribution in [0, 0.1) is 5.92 Å². The van der Waals surface area contributed by atoms with Gasteiger partial charge in [-0.3, -0.25) is 4.79 Å². The van der Waals surface area contributed by atoms with E-state index in [0.29, 0.717) is 6.04 Å². The molecule has 2 unspecified atom stereocenters. The molecular formula is C10H18ClNO. The first-order valence-corrected chi connectivity index (χ1v) is 5.53. The van der Waals surface area contributed by atoms with Crippen LogP contribution in [0.4, 0.5) is 0 Å². The minimum Gasteiger partial charge on any atom is -0.352 e. The molecule has 1 N–H and O–H groups in total. The van der Waals surface area contributed by atoms with Crippen molar-refractivity contribution in [3.8, 4) is 0 Å². The summed E-state index contributed by atoms with van der Waals surface area (Å²) in [6.45, 7) is 4.15. The third-order valence-electron chi connectivity index (χ3n) is 2.42. The molecule has 0 radical (unpaired) electrons. The maximum absolute atomic E-state index is 11.5. The highest BCUT2D eigenvalue weighted by Gasteiger charge is 2.28. The molecule has 76 valence electrons. The summed E-state index contributed by atoms with van der Waals surface area (Å²) in [6, 6.07) is 0.419. The fourth-order valence-electron chi connectivity index (χ4n) is 1.37. The Balaban J connectivity index is 2.26. The summed E-state index contributed by atoms with van der Waals surface area (Å²) in [5, 5.41) is 2.58. The molecule has 0 heterocycles. The Morgan fingerprint density at radius 1 is 1.62 bits per heavy atom. The van der Waals surface area contributed by atoms with Gasteiger partial charge in [-0.05, 0) is 25.2 Å². The largest absolute Gasteiger partial charge is 0.352 e. The first kappa shape index (κ1) is 10.8. The minimum atomic E-state index is -0.347. The molecule has 1 aliphatic rings. The molecule has 1 saturated carbocycles. The van der Waals surface area contributed by atoms with E-state index in [2.05, 4.69) is 12.2 Å². The second-order valence-electron chi connectivity index (χ2n) is 3.95. The molecule has 0 aromatic rings. The number of rotatable bonds is 5. The summed E-state index contributed by atoms with van der Waals surface area (Å²) >= 11 is 6.02. The summed E-state index contributed by atoms with van der Waals surface area (Å²) in [5.74, 6) is 0.301. The molecule has 0 aromatic carbocycles. The van der Waals surface area contributed by atoms with Crippen LogP contribution in [0.15, 0.2) is 0 Å². The SMILES string of the molecule is CCCC(C)C(Cl)C(=O)NC1CC1. The molecule has 13 heavy (non-hydrogen) atoms. The zero-order valence-electron chi connectivity index (χ0n) is 8.35. The van der Waals surface area contributed by atoms with Crippen molar-refractivity contribution in [1.29, 1.82) is 0 Å². The van der Waals surface area contributed by atoms with E-state index in [0.717, 1.165) is 25.7 Å². The molecular weight excluding hydrogens is 186 g/mol. The number of nitrogens with one attached hydrogen (secondary N) is 1. The van der Waals surface area contributed by atoms with Crippen LogP contribution in [0.2, 0.25) is 0 Å². The molecule has 0 aliphatic heterocycles. The van der Waals surface area contributed by atoms with Gasteiger partial charge in [0.1, 0.15) is 5.38 Å². The van der Waals surface area contributed by atoms with Crippen LogP contribution in [0.3, 0.4) is 0 Å². The van der Waals surface area contributed by atoms with Crippen LogP contribution in [-0.4, -0.2) is 17.3 Å². The monoisotopic (exact) mass is 203 g/mol. The lowest BCUT2D eigenvalue weighted by Gasteiger charge is -2.16. The van der Waals surface area contributed by atoms with Crippen molar-refractivity contribution < 1.29 is 4.79 Å². The van der Waals surface area contributed by atoms with E-state index in [1.54, 1.807) is 0 Å². The summed E-state index contributed by atoms with van der Waals surface area (Å²) in [4.78, 5) is 11.5. The van der Waals surface area contributed by atoms with Gasteiger partial charge in [-0.2, -0.15) is 0 Å². The number of carbonyl (C=O) groups excluding carboxylic acids is 1. The van der Waals surface area contributed by atoms with Crippen molar-refractivity contribution in [3.05, 3.63) is 0 Å². The van der Waals surface area contributed by atoms with E-state index in [1.807, 2.05) is 6.92 Å². The maximum atomic E-state index is 11.5. The van der Waals surface area contributed by atoms with Gasteiger partial charge in [0.2, 0.25) is 5.91 Å². The first-order chi connectivity index (χ1) is 6.15. The molecule has 2 nitrogen and oxygen atoms in total. The molecule has 2 atom stereocenters. The Labute approximate surface area is 85.0 Å². The van der Waals surface area contributed by atoms with Crippen molar-refractivity contribution >= 4 is 17.5 Å². The Bertz CT molecular complexity index is 180. The Morgan fingerprint density at radius 2 is 2.23 bits per heavy atom. The average molecular weight is 204 g/mol. The van der Waals surface area contributed by atoms with Crippen molar-refractivity contribution in [2.45, 2.75) is 50.9 Å². The van der Waals surface area contributed by atoms with Crippen LogP contribution < -0.4 is 5.32 Å². The van der Waals surface area contributed by atoms with E-state index in [1.165, 1.54) is 0 Å². The molecule has 0 aromatic heterocycles. The zero-order valence-corrected chi connectivity index (χ0v) is 9.10. The maximum Gasteiger partial charge on any atom is 0.238 e. The molecule has 1 aliphatic carbocycles. The van der Waals surface area contributed by atoms with Crippen molar-refractivity contribution in [2.75, 3.05) is 0 Å². The van der Waals surface area contributed by atoms with E-state index in [9.17, 15) is 4.79 Å². The summed E-state index contributed by atoms with van der Waals surface area (Å²) in [6.07, 6.45) is 4.35. The van der Waals surface area contributed by atoms with Gasteiger partial charge in [-0.25, -0.2) is 0 Å². The predicted molar refractivity (Wildman–Crippen MR) is 54.9 cm³/mol. The average Bonchev–Trinajstić information content (AvgIpc) is 2.87. The fraction of sp³-hybridized carbons (Fsp3) is 0.900. The van der Waals surface area contributed by atoms with Crippen LogP contribution in [0.1, 0.15) is 39.5 Å². The van der Waals surface area contributed by atoms with Gasteiger partial charge in [-0.1, -0.05) is 20.3 Å². The van der Waals surface area contributed by atoms with Gasteiger partial charge in [-0.15, -0.1) is 11.6 Å².